The average Bonchev–Trinajstić information content (AvgIpc) is 2.89. The summed E-state index contributed by atoms with van der Waals surface area (Å²) < 4.78 is 10.5. The minimum Gasteiger partial charge on any atom is -0.493 e. The third kappa shape index (κ3) is 3.65. The van der Waals surface area contributed by atoms with Crippen LogP contribution in [0.4, 0.5) is 0 Å². The van der Waals surface area contributed by atoms with Crippen molar-refractivity contribution in [1.82, 2.24) is 5.32 Å². The second-order valence-electron chi connectivity index (χ2n) is 4.18. The first-order valence-corrected chi connectivity index (χ1v) is 5.93. The maximum absolute atomic E-state index is 5.30. The third-order valence-electron chi connectivity index (χ3n) is 3.07. The standard InChI is InChI=1S/C14H19NO2.ClH/c1-16-13-6-5-11(9-14(13)17-2)3-4-12-7-8-15-10-12;/h5-7,9,15H,3-4,8,10H2,1-2H3;1H. The fourth-order valence-corrected chi connectivity index (χ4v) is 2.05. The molecule has 0 spiro atoms. The Morgan fingerprint density at radius 3 is 2.50 bits per heavy atom. The quantitative estimate of drug-likeness (QED) is 0.834. The van der Waals surface area contributed by atoms with Gasteiger partial charge in [-0.05, 0) is 30.5 Å². The first-order chi connectivity index (χ1) is 8.33. The molecule has 0 atom stereocenters. The fourth-order valence-electron chi connectivity index (χ4n) is 2.05. The summed E-state index contributed by atoms with van der Waals surface area (Å²) >= 11 is 0. The van der Waals surface area contributed by atoms with Crippen molar-refractivity contribution in [3.05, 3.63) is 35.4 Å². The highest BCUT2D eigenvalue weighted by atomic mass is 35.5. The summed E-state index contributed by atoms with van der Waals surface area (Å²) in [6.45, 7) is 2.05. The van der Waals surface area contributed by atoms with Crippen molar-refractivity contribution < 1.29 is 9.47 Å². The number of hydrogen-bond acceptors (Lipinski definition) is 3. The molecule has 0 amide bonds. The monoisotopic (exact) mass is 269 g/mol. The Bertz CT molecular complexity index is 418. The van der Waals surface area contributed by atoms with Crippen LogP contribution in [-0.4, -0.2) is 27.3 Å². The van der Waals surface area contributed by atoms with Gasteiger partial charge in [-0.15, -0.1) is 12.4 Å². The van der Waals surface area contributed by atoms with E-state index in [4.69, 9.17) is 9.47 Å². The van der Waals surface area contributed by atoms with E-state index in [0.717, 1.165) is 37.4 Å². The molecule has 0 aliphatic carbocycles. The molecule has 1 aliphatic rings. The fraction of sp³-hybridized carbons (Fsp3) is 0.429. The molecule has 1 aromatic carbocycles. The minimum absolute atomic E-state index is 0. The van der Waals surface area contributed by atoms with Crippen LogP contribution in [0.2, 0.25) is 0 Å². The Kier molecular flexibility index (Phi) is 6.02. The zero-order valence-corrected chi connectivity index (χ0v) is 11.7. The zero-order chi connectivity index (χ0) is 12.1. The van der Waals surface area contributed by atoms with Crippen molar-refractivity contribution in [3.63, 3.8) is 0 Å². The maximum atomic E-state index is 5.30. The maximum Gasteiger partial charge on any atom is 0.160 e. The van der Waals surface area contributed by atoms with E-state index in [1.807, 2.05) is 6.07 Å². The predicted molar refractivity (Wildman–Crippen MR) is 76.1 cm³/mol. The highest BCUT2D eigenvalue weighted by molar-refractivity contribution is 5.85. The molecular weight excluding hydrogens is 250 g/mol. The molecule has 2 rings (SSSR count). The van der Waals surface area contributed by atoms with Crippen LogP contribution in [0.15, 0.2) is 29.8 Å². The lowest BCUT2D eigenvalue weighted by atomic mass is 10.0. The SMILES string of the molecule is COc1ccc(CCC2=CCNC2)cc1OC.Cl. The molecule has 0 radical (unpaired) electrons. The second kappa shape index (κ2) is 7.29. The second-order valence-corrected chi connectivity index (χ2v) is 4.18. The van der Waals surface area contributed by atoms with Crippen molar-refractivity contribution in [2.45, 2.75) is 12.8 Å². The summed E-state index contributed by atoms with van der Waals surface area (Å²) in [4.78, 5) is 0. The van der Waals surface area contributed by atoms with Crippen molar-refractivity contribution in [3.8, 4) is 11.5 Å². The Labute approximate surface area is 115 Å². The van der Waals surface area contributed by atoms with Crippen LogP contribution in [-0.2, 0) is 6.42 Å². The molecule has 1 heterocycles. The van der Waals surface area contributed by atoms with Crippen LogP contribution in [0.1, 0.15) is 12.0 Å². The first kappa shape index (κ1) is 14.9. The lowest BCUT2D eigenvalue weighted by molar-refractivity contribution is 0.354. The largest absolute Gasteiger partial charge is 0.493 e. The normalized spacial score (nSPS) is 13.8. The smallest absolute Gasteiger partial charge is 0.160 e. The Morgan fingerprint density at radius 1 is 1.11 bits per heavy atom. The van der Waals surface area contributed by atoms with Crippen LogP contribution in [0, 0.1) is 0 Å². The number of benzene rings is 1. The van der Waals surface area contributed by atoms with E-state index >= 15 is 0 Å². The van der Waals surface area contributed by atoms with Gasteiger partial charge < -0.3 is 14.8 Å². The Balaban J connectivity index is 0.00000162. The molecule has 1 N–H and O–H groups in total. The molecular formula is C14H20ClNO2. The van der Waals surface area contributed by atoms with Crippen molar-refractivity contribution in [2.24, 2.45) is 0 Å². The molecule has 0 bridgehead atoms. The molecule has 0 saturated heterocycles. The van der Waals surface area contributed by atoms with E-state index < -0.39 is 0 Å². The van der Waals surface area contributed by atoms with E-state index in [-0.39, 0.29) is 12.4 Å². The molecule has 1 aliphatic heterocycles. The molecule has 3 nitrogen and oxygen atoms in total. The van der Waals surface area contributed by atoms with Crippen LogP contribution in [0.5, 0.6) is 11.5 Å². The van der Waals surface area contributed by atoms with Gasteiger partial charge in [0.2, 0.25) is 0 Å². The van der Waals surface area contributed by atoms with Gasteiger partial charge in [0.05, 0.1) is 14.2 Å². The number of methoxy groups -OCH3 is 2. The molecule has 4 heteroatoms. The molecule has 1 aromatic rings. The zero-order valence-electron chi connectivity index (χ0n) is 10.9. The molecule has 0 unspecified atom stereocenters. The van der Waals surface area contributed by atoms with Gasteiger partial charge in [0.25, 0.3) is 0 Å². The predicted octanol–water partition coefficient (Wildman–Crippen LogP) is 2.59. The lowest BCUT2D eigenvalue weighted by Crippen LogP contribution is -2.08. The molecule has 100 valence electrons. The van der Waals surface area contributed by atoms with Gasteiger partial charge in [-0.25, -0.2) is 0 Å². The number of hydrogen-bond donors (Lipinski definition) is 1. The van der Waals surface area contributed by atoms with Gasteiger partial charge in [0.15, 0.2) is 11.5 Å². The number of ether oxygens (including phenoxy) is 2. The van der Waals surface area contributed by atoms with Gasteiger partial charge in [0, 0.05) is 13.1 Å². The number of nitrogens with one attached hydrogen (secondary N) is 1. The minimum atomic E-state index is 0. The molecule has 0 fully saturated rings. The summed E-state index contributed by atoms with van der Waals surface area (Å²) in [5.74, 6) is 1.60. The van der Waals surface area contributed by atoms with Gasteiger partial charge in [-0.1, -0.05) is 17.7 Å². The summed E-state index contributed by atoms with van der Waals surface area (Å²) in [6, 6.07) is 6.13. The summed E-state index contributed by atoms with van der Waals surface area (Å²) in [5.41, 5.74) is 2.79. The van der Waals surface area contributed by atoms with Crippen LogP contribution in [0.3, 0.4) is 0 Å². The number of rotatable bonds is 5. The highest BCUT2D eigenvalue weighted by Gasteiger charge is 2.07. The molecule has 0 saturated carbocycles. The summed E-state index contributed by atoms with van der Waals surface area (Å²) in [7, 11) is 3.33. The van der Waals surface area contributed by atoms with Crippen LogP contribution >= 0.6 is 12.4 Å². The van der Waals surface area contributed by atoms with E-state index in [1.54, 1.807) is 14.2 Å². The van der Waals surface area contributed by atoms with Crippen LogP contribution in [0.25, 0.3) is 0 Å². The van der Waals surface area contributed by atoms with Gasteiger partial charge in [0.1, 0.15) is 0 Å². The first-order valence-electron chi connectivity index (χ1n) is 5.93. The van der Waals surface area contributed by atoms with Gasteiger partial charge in [-0.2, -0.15) is 0 Å². The highest BCUT2D eigenvalue weighted by Crippen LogP contribution is 2.28. The van der Waals surface area contributed by atoms with E-state index in [1.165, 1.54) is 11.1 Å². The number of halogens is 1. The average molecular weight is 270 g/mol. The summed E-state index contributed by atoms with van der Waals surface area (Å²) in [6.07, 6.45) is 4.44. The van der Waals surface area contributed by atoms with E-state index in [2.05, 4.69) is 23.5 Å². The van der Waals surface area contributed by atoms with Crippen LogP contribution < -0.4 is 14.8 Å². The third-order valence-corrected chi connectivity index (χ3v) is 3.07. The lowest BCUT2D eigenvalue weighted by Gasteiger charge is -2.09. The Hall–Kier alpha value is -1.19. The van der Waals surface area contributed by atoms with Gasteiger partial charge >= 0.3 is 0 Å². The van der Waals surface area contributed by atoms with Crippen molar-refractivity contribution in [1.29, 1.82) is 0 Å². The Morgan fingerprint density at radius 2 is 1.89 bits per heavy atom. The summed E-state index contributed by atoms with van der Waals surface area (Å²) in [5, 5.41) is 3.31. The topological polar surface area (TPSA) is 30.5 Å². The van der Waals surface area contributed by atoms with Crippen molar-refractivity contribution in [2.75, 3.05) is 27.3 Å². The van der Waals surface area contributed by atoms with E-state index in [0.29, 0.717) is 0 Å². The van der Waals surface area contributed by atoms with E-state index in [9.17, 15) is 0 Å². The molecule has 18 heavy (non-hydrogen) atoms. The van der Waals surface area contributed by atoms with Gasteiger partial charge in [-0.3, -0.25) is 0 Å². The van der Waals surface area contributed by atoms with Crippen molar-refractivity contribution >= 4 is 12.4 Å². The molecule has 0 aromatic heterocycles. The number of aryl methyl sites for hydroxylation is 1.